The van der Waals surface area contributed by atoms with E-state index >= 15 is 0 Å². The summed E-state index contributed by atoms with van der Waals surface area (Å²) >= 11 is 3.57. The number of nitrogens with one attached hydrogen (secondary N) is 1. The molecule has 1 N–H and O–H groups in total. The molecule has 0 atom stereocenters. The third kappa shape index (κ3) is 1.97. The van der Waals surface area contributed by atoms with Crippen LogP contribution in [0, 0.1) is 11.3 Å². The first kappa shape index (κ1) is 12.2. The molecular formula is C13H14BrN3. The van der Waals surface area contributed by atoms with Crippen molar-refractivity contribution in [2.24, 2.45) is 7.05 Å². The SMILES string of the molecule is CCNCc1c(C#N)n(C)c2cccc(Br)c12. The van der Waals surface area contributed by atoms with Gasteiger partial charge in [0.25, 0.3) is 0 Å². The minimum absolute atomic E-state index is 0.722. The van der Waals surface area contributed by atoms with E-state index in [4.69, 9.17) is 0 Å². The van der Waals surface area contributed by atoms with Gasteiger partial charge in [-0.25, -0.2) is 0 Å². The van der Waals surface area contributed by atoms with Gasteiger partial charge in [-0.15, -0.1) is 0 Å². The summed E-state index contributed by atoms with van der Waals surface area (Å²) in [7, 11) is 1.93. The molecule has 0 spiro atoms. The van der Waals surface area contributed by atoms with E-state index in [2.05, 4.69) is 34.2 Å². The number of rotatable bonds is 3. The molecule has 0 fully saturated rings. The first-order chi connectivity index (χ1) is 8.20. The zero-order valence-corrected chi connectivity index (χ0v) is 11.5. The molecule has 1 aromatic heterocycles. The van der Waals surface area contributed by atoms with Crippen LogP contribution in [0.4, 0.5) is 0 Å². The van der Waals surface area contributed by atoms with E-state index in [0.717, 1.165) is 39.7 Å². The Bertz CT molecular complexity index is 593. The molecule has 2 rings (SSSR count). The zero-order valence-electron chi connectivity index (χ0n) is 9.92. The Morgan fingerprint density at radius 1 is 1.47 bits per heavy atom. The van der Waals surface area contributed by atoms with Crippen molar-refractivity contribution in [2.75, 3.05) is 6.54 Å². The third-order valence-corrected chi connectivity index (χ3v) is 3.59. The highest BCUT2D eigenvalue weighted by molar-refractivity contribution is 9.10. The number of halogens is 1. The molecule has 17 heavy (non-hydrogen) atoms. The van der Waals surface area contributed by atoms with Crippen LogP contribution in [0.1, 0.15) is 18.2 Å². The smallest absolute Gasteiger partial charge is 0.125 e. The minimum atomic E-state index is 0.722. The average molecular weight is 292 g/mol. The van der Waals surface area contributed by atoms with E-state index in [-0.39, 0.29) is 0 Å². The highest BCUT2D eigenvalue weighted by atomic mass is 79.9. The fraction of sp³-hybridized carbons (Fsp3) is 0.308. The number of aromatic nitrogens is 1. The Hall–Kier alpha value is -1.31. The average Bonchev–Trinajstić information content (AvgIpc) is 2.61. The summed E-state index contributed by atoms with van der Waals surface area (Å²) in [6.07, 6.45) is 0. The van der Waals surface area contributed by atoms with Gasteiger partial charge in [-0.05, 0) is 18.7 Å². The lowest BCUT2D eigenvalue weighted by atomic mass is 10.1. The monoisotopic (exact) mass is 291 g/mol. The largest absolute Gasteiger partial charge is 0.335 e. The number of aryl methyl sites for hydroxylation is 1. The maximum atomic E-state index is 9.28. The molecule has 3 nitrogen and oxygen atoms in total. The van der Waals surface area contributed by atoms with E-state index in [1.165, 1.54) is 0 Å². The Morgan fingerprint density at radius 3 is 2.88 bits per heavy atom. The molecule has 0 unspecified atom stereocenters. The molecule has 0 aliphatic rings. The molecule has 0 saturated carbocycles. The molecule has 4 heteroatoms. The molecule has 1 aromatic carbocycles. The maximum Gasteiger partial charge on any atom is 0.125 e. The molecule has 0 saturated heterocycles. The highest BCUT2D eigenvalue weighted by Crippen LogP contribution is 2.31. The minimum Gasteiger partial charge on any atom is -0.335 e. The number of hydrogen-bond donors (Lipinski definition) is 1. The van der Waals surface area contributed by atoms with Gasteiger partial charge in [0.15, 0.2) is 0 Å². The lowest BCUT2D eigenvalue weighted by molar-refractivity contribution is 0.725. The molecule has 0 aliphatic heterocycles. The van der Waals surface area contributed by atoms with Crippen molar-refractivity contribution in [1.29, 1.82) is 5.26 Å². The second kappa shape index (κ2) is 4.91. The predicted octanol–water partition coefficient (Wildman–Crippen LogP) is 2.92. The van der Waals surface area contributed by atoms with Crippen molar-refractivity contribution in [1.82, 2.24) is 9.88 Å². The van der Waals surface area contributed by atoms with Gasteiger partial charge in [0.05, 0.1) is 5.52 Å². The Balaban J connectivity index is 2.74. The van der Waals surface area contributed by atoms with Gasteiger partial charge in [0.2, 0.25) is 0 Å². The molecule has 0 aliphatic carbocycles. The standard InChI is InChI=1S/C13H14BrN3/c1-3-16-8-9-12(7-15)17(2)11-6-4-5-10(14)13(9)11/h4-6,16H,3,8H2,1-2H3. The van der Waals surface area contributed by atoms with E-state index in [1.807, 2.05) is 29.8 Å². The van der Waals surface area contributed by atoms with Crippen LogP contribution in [0.15, 0.2) is 22.7 Å². The second-order valence-electron chi connectivity index (χ2n) is 3.91. The first-order valence-corrected chi connectivity index (χ1v) is 6.36. The second-order valence-corrected chi connectivity index (χ2v) is 4.77. The summed E-state index contributed by atoms with van der Waals surface area (Å²) in [5.41, 5.74) is 2.89. The van der Waals surface area contributed by atoms with Gasteiger partial charge in [0.1, 0.15) is 11.8 Å². The Morgan fingerprint density at radius 2 is 2.24 bits per heavy atom. The van der Waals surface area contributed by atoms with E-state index < -0.39 is 0 Å². The van der Waals surface area contributed by atoms with Gasteiger partial charge in [0, 0.05) is 29.0 Å². The fourth-order valence-corrected chi connectivity index (χ4v) is 2.69. The number of nitrogens with zero attached hydrogens (tertiary/aromatic N) is 2. The van der Waals surface area contributed by atoms with Crippen LogP contribution in [0.5, 0.6) is 0 Å². The normalized spacial score (nSPS) is 10.7. The van der Waals surface area contributed by atoms with Crippen LogP contribution in [-0.2, 0) is 13.6 Å². The van der Waals surface area contributed by atoms with E-state index in [0.29, 0.717) is 0 Å². The summed E-state index contributed by atoms with van der Waals surface area (Å²) in [5.74, 6) is 0. The van der Waals surface area contributed by atoms with Gasteiger partial charge in [-0.3, -0.25) is 0 Å². The highest BCUT2D eigenvalue weighted by Gasteiger charge is 2.16. The Kier molecular flexibility index (Phi) is 3.51. The van der Waals surface area contributed by atoms with Crippen LogP contribution < -0.4 is 5.32 Å². The van der Waals surface area contributed by atoms with Crippen LogP contribution in [0.2, 0.25) is 0 Å². The van der Waals surface area contributed by atoms with Crippen molar-refractivity contribution >= 4 is 26.8 Å². The number of hydrogen-bond acceptors (Lipinski definition) is 2. The van der Waals surface area contributed by atoms with Gasteiger partial charge < -0.3 is 9.88 Å². The van der Waals surface area contributed by atoms with Crippen molar-refractivity contribution < 1.29 is 0 Å². The fourth-order valence-electron chi connectivity index (χ4n) is 2.10. The molecule has 1 heterocycles. The van der Waals surface area contributed by atoms with Crippen molar-refractivity contribution in [3.8, 4) is 6.07 Å². The van der Waals surface area contributed by atoms with Gasteiger partial charge in [-0.2, -0.15) is 5.26 Å². The molecule has 2 aromatic rings. The van der Waals surface area contributed by atoms with Gasteiger partial charge >= 0.3 is 0 Å². The quantitative estimate of drug-likeness (QED) is 0.945. The lowest BCUT2D eigenvalue weighted by Gasteiger charge is -2.02. The first-order valence-electron chi connectivity index (χ1n) is 5.57. The van der Waals surface area contributed by atoms with Gasteiger partial charge in [-0.1, -0.05) is 28.9 Å². The molecule has 0 bridgehead atoms. The predicted molar refractivity (Wildman–Crippen MR) is 72.7 cm³/mol. The maximum absolute atomic E-state index is 9.28. The summed E-state index contributed by atoms with van der Waals surface area (Å²) in [5, 5.41) is 13.7. The molecule has 88 valence electrons. The number of fused-ring (bicyclic) bond motifs is 1. The number of nitriles is 1. The van der Waals surface area contributed by atoms with E-state index in [9.17, 15) is 5.26 Å². The number of benzene rings is 1. The van der Waals surface area contributed by atoms with Crippen LogP contribution in [0.25, 0.3) is 10.9 Å². The van der Waals surface area contributed by atoms with Crippen molar-refractivity contribution in [3.05, 3.63) is 33.9 Å². The van der Waals surface area contributed by atoms with Crippen molar-refractivity contribution in [3.63, 3.8) is 0 Å². The molecule has 0 amide bonds. The summed E-state index contributed by atoms with van der Waals surface area (Å²) < 4.78 is 2.99. The molecule has 0 radical (unpaired) electrons. The van der Waals surface area contributed by atoms with Crippen LogP contribution in [-0.4, -0.2) is 11.1 Å². The third-order valence-electron chi connectivity index (χ3n) is 2.93. The van der Waals surface area contributed by atoms with Crippen LogP contribution >= 0.6 is 15.9 Å². The summed E-state index contributed by atoms with van der Waals surface area (Å²) in [4.78, 5) is 0. The lowest BCUT2D eigenvalue weighted by Crippen LogP contribution is -2.12. The van der Waals surface area contributed by atoms with E-state index in [1.54, 1.807) is 0 Å². The van der Waals surface area contributed by atoms with Crippen LogP contribution in [0.3, 0.4) is 0 Å². The summed E-state index contributed by atoms with van der Waals surface area (Å²) in [6.45, 7) is 3.68. The van der Waals surface area contributed by atoms with Crippen molar-refractivity contribution in [2.45, 2.75) is 13.5 Å². The summed E-state index contributed by atoms with van der Waals surface area (Å²) in [6, 6.07) is 8.33. The Labute approximate surface area is 109 Å². The topological polar surface area (TPSA) is 40.8 Å². The zero-order chi connectivity index (χ0) is 12.4. The molecular weight excluding hydrogens is 278 g/mol.